The number of carbonyl (C=O) groups is 1. The van der Waals surface area contributed by atoms with Crippen LogP contribution in [0.15, 0.2) is 34.3 Å². The summed E-state index contributed by atoms with van der Waals surface area (Å²) in [4.78, 5) is 19.1. The molecule has 1 fully saturated rings. The monoisotopic (exact) mass is 458 g/mol. The molecular weight excluding hydrogens is 432 g/mol. The average molecular weight is 459 g/mol. The summed E-state index contributed by atoms with van der Waals surface area (Å²) < 4.78 is 10.4. The molecule has 1 amide bonds. The molecule has 170 valence electrons. The van der Waals surface area contributed by atoms with Gasteiger partial charge in [-0.15, -0.1) is 11.3 Å². The zero-order valence-electron chi connectivity index (χ0n) is 17.6. The fourth-order valence-electron chi connectivity index (χ4n) is 3.53. The van der Waals surface area contributed by atoms with Gasteiger partial charge < -0.3 is 25.8 Å². The Morgan fingerprint density at radius 2 is 2.19 bits per heavy atom. The van der Waals surface area contributed by atoms with E-state index in [9.17, 15) is 9.90 Å². The third-order valence-corrected chi connectivity index (χ3v) is 5.97. The number of nitrogens with one attached hydrogen (secondary N) is 1. The van der Waals surface area contributed by atoms with Crippen LogP contribution in [-0.2, 0) is 11.2 Å². The van der Waals surface area contributed by atoms with Gasteiger partial charge >= 0.3 is 0 Å². The Hall–Kier alpha value is -3.02. The number of nitrogen functional groups attached to an aromatic ring is 1. The Kier molecular flexibility index (Phi) is 7.30. The fourth-order valence-corrected chi connectivity index (χ4v) is 4.24. The van der Waals surface area contributed by atoms with Crippen molar-refractivity contribution in [2.24, 2.45) is 0 Å². The van der Waals surface area contributed by atoms with Crippen molar-refractivity contribution in [3.63, 3.8) is 0 Å². The number of carbonyl (C=O) groups excluding carboxylic acids is 1. The number of likely N-dealkylation sites (tertiary alicyclic amines) is 1. The van der Waals surface area contributed by atoms with Crippen molar-refractivity contribution in [1.29, 1.82) is 0 Å². The molecule has 0 spiro atoms. The summed E-state index contributed by atoms with van der Waals surface area (Å²) in [6.45, 7) is 3.45. The molecule has 0 unspecified atom stereocenters. The molecule has 4 N–H and O–H groups in total. The predicted octanol–water partition coefficient (Wildman–Crippen LogP) is 2.18. The van der Waals surface area contributed by atoms with Crippen LogP contribution in [0.4, 0.5) is 10.9 Å². The van der Waals surface area contributed by atoms with Gasteiger partial charge in [-0.2, -0.15) is 0 Å². The molecule has 0 atom stereocenters. The van der Waals surface area contributed by atoms with Gasteiger partial charge in [-0.05, 0) is 47.3 Å². The van der Waals surface area contributed by atoms with E-state index in [0.717, 1.165) is 50.2 Å². The van der Waals surface area contributed by atoms with Gasteiger partial charge in [0.25, 0.3) is 0 Å². The Morgan fingerprint density at radius 1 is 1.34 bits per heavy atom. The second-order valence-electron chi connectivity index (χ2n) is 7.68. The van der Waals surface area contributed by atoms with Crippen molar-refractivity contribution >= 4 is 28.2 Å². The summed E-state index contributed by atoms with van der Waals surface area (Å²) in [5.41, 5.74) is 7.38. The Balaban J connectivity index is 1.22. The third-order valence-electron chi connectivity index (χ3n) is 5.21. The minimum absolute atomic E-state index is 0.148. The molecule has 0 bridgehead atoms. The maximum atomic E-state index is 12.4. The normalized spacial score (nSPS) is 15.0. The molecule has 0 aliphatic carbocycles. The van der Waals surface area contributed by atoms with E-state index in [1.54, 1.807) is 5.38 Å². The Morgan fingerprint density at radius 3 is 2.97 bits per heavy atom. The first-order valence-corrected chi connectivity index (χ1v) is 11.4. The molecule has 1 aromatic carbocycles. The smallest absolute Gasteiger partial charge is 0.230 e. The van der Waals surface area contributed by atoms with E-state index < -0.39 is 0 Å². The number of anilines is 2. The summed E-state index contributed by atoms with van der Waals surface area (Å²) in [7, 11) is 0. The number of amides is 1. The summed E-state index contributed by atoms with van der Waals surface area (Å²) in [5.74, 6) is 0.719. The van der Waals surface area contributed by atoms with Gasteiger partial charge in [-0.25, -0.2) is 9.61 Å². The van der Waals surface area contributed by atoms with Crippen molar-refractivity contribution < 1.29 is 19.3 Å². The van der Waals surface area contributed by atoms with E-state index in [1.807, 2.05) is 24.3 Å². The van der Waals surface area contributed by atoms with Crippen LogP contribution >= 0.6 is 11.3 Å². The zero-order valence-corrected chi connectivity index (χ0v) is 18.4. The number of thiazole rings is 1. The van der Waals surface area contributed by atoms with E-state index in [0.29, 0.717) is 23.1 Å². The molecule has 10 nitrogen and oxygen atoms in total. The van der Waals surface area contributed by atoms with Crippen LogP contribution in [0, 0.1) is 0 Å². The molecular formula is C21H26N6O4S. The third kappa shape index (κ3) is 6.02. The molecule has 1 aliphatic rings. The zero-order chi connectivity index (χ0) is 22.3. The SMILES string of the molecule is Nc1nonc1-c1csc(NC(=O)Cc2cccc(OCCCN3CCC(O)CC3)c2)n1. The van der Waals surface area contributed by atoms with Crippen molar-refractivity contribution in [3.8, 4) is 17.1 Å². The van der Waals surface area contributed by atoms with Gasteiger partial charge in [0.05, 0.1) is 19.1 Å². The number of nitrogens with two attached hydrogens (primary N) is 1. The molecule has 1 saturated heterocycles. The molecule has 11 heteroatoms. The van der Waals surface area contributed by atoms with Gasteiger partial charge in [0, 0.05) is 25.0 Å². The molecule has 32 heavy (non-hydrogen) atoms. The minimum Gasteiger partial charge on any atom is -0.494 e. The second kappa shape index (κ2) is 10.5. The van der Waals surface area contributed by atoms with E-state index in [2.05, 4.69) is 30.1 Å². The quantitative estimate of drug-likeness (QED) is 0.412. The highest BCUT2D eigenvalue weighted by atomic mass is 32.1. The second-order valence-corrected chi connectivity index (χ2v) is 8.54. The summed E-state index contributed by atoms with van der Waals surface area (Å²) >= 11 is 1.27. The first-order valence-electron chi connectivity index (χ1n) is 10.5. The number of hydrogen-bond acceptors (Lipinski definition) is 10. The van der Waals surface area contributed by atoms with Crippen molar-refractivity contribution in [3.05, 3.63) is 35.2 Å². The standard InChI is InChI=1S/C21H26N6O4S/c22-20-19(25-31-26-20)17-13-32-21(23-17)24-18(29)12-14-3-1-4-16(11-14)30-10-2-7-27-8-5-15(28)6-9-27/h1,3-4,11,13,15,28H,2,5-10,12H2,(H2,22,26)(H,23,24,29). The predicted molar refractivity (Wildman–Crippen MR) is 120 cm³/mol. The van der Waals surface area contributed by atoms with E-state index in [4.69, 9.17) is 10.5 Å². The Labute approximate surface area is 189 Å². The first kappa shape index (κ1) is 22.2. The van der Waals surface area contributed by atoms with Gasteiger partial charge in [0.2, 0.25) is 5.91 Å². The number of benzene rings is 1. The Bertz CT molecular complexity index is 1030. The van der Waals surface area contributed by atoms with Crippen LogP contribution < -0.4 is 15.8 Å². The number of aliphatic hydroxyl groups is 1. The number of nitrogens with zero attached hydrogens (tertiary/aromatic N) is 4. The van der Waals surface area contributed by atoms with E-state index in [-0.39, 0.29) is 24.2 Å². The average Bonchev–Trinajstić information content (AvgIpc) is 3.41. The molecule has 3 heterocycles. The number of ether oxygens (including phenoxy) is 1. The topological polar surface area (TPSA) is 140 Å². The minimum atomic E-state index is -0.179. The maximum absolute atomic E-state index is 12.4. The van der Waals surface area contributed by atoms with Gasteiger partial charge in [0.1, 0.15) is 11.4 Å². The van der Waals surface area contributed by atoms with Crippen LogP contribution in [0.5, 0.6) is 5.75 Å². The highest BCUT2D eigenvalue weighted by molar-refractivity contribution is 7.14. The molecule has 2 aromatic heterocycles. The summed E-state index contributed by atoms with van der Waals surface area (Å²) in [6, 6.07) is 7.54. The molecule has 1 aliphatic heterocycles. The van der Waals surface area contributed by atoms with Crippen molar-refractivity contribution in [1.82, 2.24) is 20.2 Å². The molecule has 0 saturated carbocycles. The number of aromatic nitrogens is 3. The van der Waals surface area contributed by atoms with Crippen LogP contribution in [0.3, 0.4) is 0 Å². The molecule has 3 aromatic rings. The van der Waals surface area contributed by atoms with Gasteiger partial charge in [-0.1, -0.05) is 12.1 Å². The van der Waals surface area contributed by atoms with Gasteiger partial charge in [-0.3, -0.25) is 4.79 Å². The number of aliphatic hydroxyl groups excluding tert-OH is 1. The van der Waals surface area contributed by atoms with Crippen molar-refractivity contribution in [2.75, 3.05) is 37.3 Å². The number of piperidine rings is 1. The van der Waals surface area contributed by atoms with E-state index >= 15 is 0 Å². The highest BCUT2D eigenvalue weighted by Crippen LogP contribution is 2.26. The first-order chi connectivity index (χ1) is 15.6. The van der Waals surface area contributed by atoms with Crippen LogP contribution in [-0.4, -0.2) is 63.6 Å². The molecule has 0 radical (unpaired) electrons. The lowest BCUT2D eigenvalue weighted by Gasteiger charge is -2.29. The number of rotatable bonds is 9. The highest BCUT2D eigenvalue weighted by Gasteiger charge is 2.16. The van der Waals surface area contributed by atoms with Crippen LogP contribution in [0.1, 0.15) is 24.8 Å². The lowest BCUT2D eigenvalue weighted by atomic mass is 10.1. The van der Waals surface area contributed by atoms with Crippen molar-refractivity contribution in [2.45, 2.75) is 31.8 Å². The number of hydrogen-bond donors (Lipinski definition) is 3. The van der Waals surface area contributed by atoms with Crippen LogP contribution in [0.25, 0.3) is 11.4 Å². The summed E-state index contributed by atoms with van der Waals surface area (Å²) in [6.07, 6.45) is 2.66. The summed E-state index contributed by atoms with van der Waals surface area (Å²) in [5, 5.41) is 21.8. The fraction of sp³-hybridized carbons (Fsp3) is 0.429. The van der Waals surface area contributed by atoms with Gasteiger partial charge in [0.15, 0.2) is 16.6 Å². The van der Waals surface area contributed by atoms with Crippen LogP contribution in [0.2, 0.25) is 0 Å². The lowest BCUT2D eigenvalue weighted by molar-refractivity contribution is -0.115. The maximum Gasteiger partial charge on any atom is 0.230 e. The molecule has 4 rings (SSSR count). The lowest BCUT2D eigenvalue weighted by Crippen LogP contribution is -2.36. The largest absolute Gasteiger partial charge is 0.494 e. The van der Waals surface area contributed by atoms with E-state index in [1.165, 1.54) is 11.3 Å².